The molecule has 0 spiro atoms. The molecule has 3 heterocycles. The van der Waals surface area contributed by atoms with Gasteiger partial charge in [0.1, 0.15) is 16.1 Å². The fourth-order valence-electron chi connectivity index (χ4n) is 3.89. The van der Waals surface area contributed by atoms with Crippen LogP contribution >= 0.6 is 0 Å². The number of nitrogens with one attached hydrogen (secondary N) is 1. The van der Waals surface area contributed by atoms with Crippen LogP contribution in [0.5, 0.6) is 0 Å². The summed E-state index contributed by atoms with van der Waals surface area (Å²) in [4.78, 5) is 19.0. The Kier molecular flexibility index (Phi) is 5.37. The van der Waals surface area contributed by atoms with E-state index in [0.717, 1.165) is 11.1 Å². The van der Waals surface area contributed by atoms with Crippen LogP contribution in [0.4, 0.5) is 0 Å². The number of amides is 1. The molecule has 2 aromatic heterocycles. The number of rotatable bonds is 5. The van der Waals surface area contributed by atoms with E-state index in [2.05, 4.69) is 14.9 Å². The van der Waals surface area contributed by atoms with Gasteiger partial charge in [-0.3, -0.25) is 4.79 Å². The minimum absolute atomic E-state index is 0.0168. The van der Waals surface area contributed by atoms with E-state index in [1.54, 1.807) is 18.7 Å². The number of hydrogen-bond donors (Lipinski definition) is 1. The van der Waals surface area contributed by atoms with Crippen molar-refractivity contribution in [3.63, 3.8) is 0 Å². The van der Waals surface area contributed by atoms with Gasteiger partial charge in [-0.05, 0) is 45.7 Å². The second-order valence-corrected chi connectivity index (χ2v) is 9.27. The first-order valence-corrected chi connectivity index (χ1v) is 11.3. The topological polar surface area (TPSA) is 119 Å². The summed E-state index contributed by atoms with van der Waals surface area (Å²) in [5.74, 6) is 0.756. The summed E-state index contributed by atoms with van der Waals surface area (Å²) in [6.45, 7) is 5.65. The maximum absolute atomic E-state index is 12.8. The van der Waals surface area contributed by atoms with Crippen LogP contribution in [-0.4, -0.2) is 48.5 Å². The number of carbonyl (C=O) groups is 1. The van der Waals surface area contributed by atoms with Gasteiger partial charge in [0.15, 0.2) is 17.2 Å². The highest BCUT2D eigenvalue weighted by atomic mass is 32.2. The zero-order chi connectivity index (χ0) is 21.5. The average Bonchev–Trinajstić information content (AvgIpc) is 3.30. The number of benzene rings is 1. The van der Waals surface area contributed by atoms with Crippen LogP contribution in [0.15, 0.2) is 38.1 Å². The molecular weight excluding hydrogens is 408 g/mol. The van der Waals surface area contributed by atoms with E-state index in [1.165, 1.54) is 6.92 Å². The average molecular weight is 433 g/mol. The molecule has 1 fully saturated rings. The third-order valence-corrected chi connectivity index (χ3v) is 7.19. The Morgan fingerprint density at radius 2 is 1.93 bits per heavy atom. The fourth-order valence-corrected chi connectivity index (χ4v) is 5.41. The minimum Gasteiger partial charge on any atom is -0.440 e. The van der Waals surface area contributed by atoms with Gasteiger partial charge < -0.3 is 13.8 Å². The van der Waals surface area contributed by atoms with Crippen molar-refractivity contribution >= 4 is 27.0 Å². The van der Waals surface area contributed by atoms with E-state index in [4.69, 9.17) is 8.94 Å². The molecule has 0 aliphatic carbocycles. The van der Waals surface area contributed by atoms with Crippen LogP contribution in [-0.2, 0) is 14.8 Å². The number of sulfonamides is 1. The number of aryl methyl sites for hydroxylation is 2. The summed E-state index contributed by atoms with van der Waals surface area (Å²) in [7, 11) is -3.91. The summed E-state index contributed by atoms with van der Waals surface area (Å²) in [6.07, 6.45) is 1.42. The number of aromatic nitrogens is 2. The molecule has 1 atom stereocenters. The molecule has 3 aromatic rings. The first-order valence-electron chi connectivity index (χ1n) is 9.85. The van der Waals surface area contributed by atoms with E-state index in [-0.39, 0.29) is 28.2 Å². The lowest BCUT2D eigenvalue weighted by atomic mass is 9.96. The molecule has 1 saturated heterocycles. The van der Waals surface area contributed by atoms with Gasteiger partial charge in [-0.1, -0.05) is 17.3 Å². The lowest BCUT2D eigenvalue weighted by Gasteiger charge is -2.32. The van der Waals surface area contributed by atoms with Gasteiger partial charge >= 0.3 is 0 Å². The van der Waals surface area contributed by atoms with Crippen molar-refractivity contribution in [2.45, 2.75) is 50.5 Å². The zero-order valence-electron chi connectivity index (χ0n) is 17.1. The van der Waals surface area contributed by atoms with Gasteiger partial charge in [0.2, 0.25) is 15.9 Å². The number of fused-ring (bicyclic) bond motifs is 1. The van der Waals surface area contributed by atoms with Crippen molar-refractivity contribution in [2.75, 3.05) is 13.1 Å². The smallest absolute Gasteiger partial charge is 0.246 e. The molecule has 0 bridgehead atoms. The molecule has 1 N–H and O–H groups in total. The van der Waals surface area contributed by atoms with Crippen molar-refractivity contribution in [3.8, 4) is 0 Å². The highest BCUT2D eigenvalue weighted by Gasteiger charge is 2.32. The van der Waals surface area contributed by atoms with E-state index >= 15 is 0 Å². The van der Waals surface area contributed by atoms with Crippen LogP contribution < -0.4 is 4.72 Å². The van der Waals surface area contributed by atoms with E-state index in [0.29, 0.717) is 31.8 Å². The van der Waals surface area contributed by atoms with Gasteiger partial charge in [-0.15, -0.1) is 0 Å². The summed E-state index contributed by atoms with van der Waals surface area (Å²) in [6, 6.07) is 6.72. The fraction of sp³-hybridized carbons (Fsp3) is 0.450. The summed E-state index contributed by atoms with van der Waals surface area (Å²) >= 11 is 0. The van der Waals surface area contributed by atoms with Crippen molar-refractivity contribution in [2.24, 2.45) is 0 Å². The highest BCUT2D eigenvalue weighted by Crippen LogP contribution is 2.30. The predicted octanol–water partition coefficient (Wildman–Crippen LogP) is 2.51. The number of carbonyl (C=O) groups excluding carboxylic acids is 1. The number of piperidine rings is 1. The lowest BCUT2D eigenvalue weighted by molar-refractivity contribution is -0.133. The molecule has 0 unspecified atom stereocenters. The van der Waals surface area contributed by atoms with Gasteiger partial charge in [-0.25, -0.2) is 13.4 Å². The number of likely N-dealkylation sites (tertiary alicyclic amines) is 1. The highest BCUT2D eigenvalue weighted by molar-refractivity contribution is 7.89. The zero-order valence-corrected chi connectivity index (χ0v) is 17.9. The molecule has 160 valence electrons. The molecule has 1 aliphatic rings. The number of para-hydroxylation sites is 2. The Bertz CT molecular complexity index is 1120. The molecular formula is C20H24N4O5S. The third-order valence-electron chi connectivity index (χ3n) is 5.41. The maximum atomic E-state index is 12.8. The Balaban J connectivity index is 1.39. The van der Waals surface area contributed by atoms with Crippen molar-refractivity contribution in [1.82, 2.24) is 19.8 Å². The van der Waals surface area contributed by atoms with Crippen LogP contribution in [0.3, 0.4) is 0 Å². The monoisotopic (exact) mass is 432 g/mol. The van der Waals surface area contributed by atoms with Crippen LogP contribution in [0.2, 0.25) is 0 Å². The number of oxazole rings is 1. The second kappa shape index (κ2) is 7.84. The Labute approximate surface area is 174 Å². The van der Waals surface area contributed by atoms with E-state index < -0.39 is 16.1 Å². The molecule has 1 aliphatic heterocycles. The van der Waals surface area contributed by atoms with Crippen LogP contribution in [0.1, 0.15) is 43.0 Å². The van der Waals surface area contributed by atoms with E-state index in [9.17, 15) is 13.2 Å². The third kappa shape index (κ3) is 3.84. The SMILES string of the molecule is Cc1noc(C)c1S(=O)(=O)N[C@@H](C)C(=O)N1CCC(c2nc3ccccc3o2)CC1. The van der Waals surface area contributed by atoms with Crippen LogP contribution in [0, 0.1) is 13.8 Å². The Morgan fingerprint density at radius 3 is 2.57 bits per heavy atom. The maximum Gasteiger partial charge on any atom is 0.246 e. The Morgan fingerprint density at radius 1 is 1.23 bits per heavy atom. The quantitative estimate of drug-likeness (QED) is 0.658. The Hall–Kier alpha value is -2.72. The van der Waals surface area contributed by atoms with Gasteiger partial charge in [0.25, 0.3) is 0 Å². The van der Waals surface area contributed by atoms with Crippen LogP contribution in [0.25, 0.3) is 11.1 Å². The van der Waals surface area contributed by atoms with E-state index in [1.807, 2.05) is 24.3 Å². The van der Waals surface area contributed by atoms with Gasteiger partial charge in [-0.2, -0.15) is 4.72 Å². The molecule has 1 aromatic carbocycles. The molecule has 0 radical (unpaired) electrons. The molecule has 0 saturated carbocycles. The molecule has 1 amide bonds. The lowest BCUT2D eigenvalue weighted by Crippen LogP contribution is -2.49. The molecule has 9 nitrogen and oxygen atoms in total. The summed E-state index contributed by atoms with van der Waals surface area (Å²) < 4.78 is 38.5. The summed E-state index contributed by atoms with van der Waals surface area (Å²) in [5, 5.41) is 3.67. The number of nitrogens with zero attached hydrogens (tertiary/aromatic N) is 3. The van der Waals surface area contributed by atoms with Crippen molar-refractivity contribution in [1.29, 1.82) is 0 Å². The summed E-state index contributed by atoms with van der Waals surface area (Å²) in [5.41, 5.74) is 1.85. The van der Waals surface area contributed by atoms with Gasteiger partial charge in [0, 0.05) is 19.0 Å². The standard InChI is InChI=1S/C20H24N4O5S/c1-12-18(14(3)29-22-12)30(26,27)23-13(2)20(25)24-10-8-15(9-11-24)19-21-16-6-4-5-7-17(16)28-19/h4-7,13,15,23H,8-11H2,1-3H3/t13-/m0/s1. The molecule has 10 heteroatoms. The number of hydrogen-bond acceptors (Lipinski definition) is 7. The molecule has 30 heavy (non-hydrogen) atoms. The molecule has 4 rings (SSSR count). The normalized spacial score (nSPS) is 16.8. The second-order valence-electron chi connectivity index (χ2n) is 7.62. The van der Waals surface area contributed by atoms with Crippen molar-refractivity contribution < 1.29 is 22.2 Å². The van der Waals surface area contributed by atoms with Gasteiger partial charge in [0.05, 0.1) is 6.04 Å². The largest absolute Gasteiger partial charge is 0.440 e. The van der Waals surface area contributed by atoms with Crippen molar-refractivity contribution in [3.05, 3.63) is 41.6 Å². The predicted molar refractivity (Wildman–Crippen MR) is 108 cm³/mol. The first kappa shape index (κ1) is 20.5. The minimum atomic E-state index is -3.91. The first-order chi connectivity index (χ1) is 14.3.